The van der Waals surface area contributed by atoms with E-state index in [9.17, 15) is 4.79 Å². The minimum atomic E-state index is 0.279. The highest BCUT2D eigenvalue weighted by Crippen LogP contribution is 2.32. The van der Waals surface area contributed by atoms with Crippen LogP contribution in [0.5, 0.6) is 0 Å². The molecule has 0 unspecified atom stereocenters. The average molecular weight is 326 g/mol. The van der Waals surface area contributed by atoms with Crippen LogP contribution >= 0.6 is 15.9 Å². The summed E-state index contributed by atoms with van der Waals surface area (Å²) in [7, 11) is 0. The molecular formula is C14H20BrN3O. The van der Waals surface area contributed by atoms with E-state index in [1.54, 1.807) is 6.20 Å². The third-order valence-corrected chi connectivity index (χ3v) is 4.89. The first-order chi connectivity index (χ1) is 9.13. The quantitative estimate of drug-likeness (QED) is 0.838. The van der Waals surface area contributed by atoms with Crippen molar-refractivity contribution in [1.82, 2.24) is 14.7 Å². The maximum atomic E-state index is 12.4. The van der Waals surface area contributed by atoms with Crippen LogP contribution in [0.2, 0.25) is 0 Å². The van der Waals surface area contributed by atoms with Gasteiger partial charge in [0.05, 0.1) is 16.7 Å². The number of nitrogens with zero attached hydrogens (tertiary/aromatic N) is 3. The Balaban J connectivity index is 1.51. The molecule has 5 heteroatoms. The highest BCUT2D eigenvalue weighted by Gasteiger charge is 2.36. The molecule has 19 heavy (non-hydrogen) atoms. The van der Waals surface area contributed by atoms with E-state index in [1.807, 2.05) is 15.8 Å². The van der Waals surface area contributed by atoms with Crippen LogP contribution in [0, 0.1) is 11.8 Å². The molecule has 2 aliphatic rings. The first-order valence-electron chi connectivity index (χ1n) is 7.12. The van der Waals surface area contributed by atoms with Crippen LogP contribution in [-0.4, -0.2) is 33.7 Å². The van der Waals surface area contributed by atoms with E-state index in [4.69, 9.17) is 0 Å². The Kier molecular flexibility index (Phi) is 3.65. The summed E-state index contributed by atoms with van der Waals surface area (Å²) in [5, 5.41) is 4.29. The molecule has 0 atom stereocenters. The Hall–Kier alpha value is -0.840. The van der Waals surface area contributed by atoms with Crippen molar-refractivity contribution in [1.29, 1.82) is 0 Å². The van der Waals surface area contributed by atoms with E-state index in [0.29, 0.717) is 11.9 Å². The predicted molar refractivity (Wildman–Crippen MR) is 76.7 cm³/mol. The summed E-state index contributed by atoms with van der Waals surface area (Å²) in [5.74, 6) is 1.45. The molecule has 1 saturated heterocycles. The topological polar surface area (TPSA) is 38.1 Å². The van der Waals surface area contributed by atoms with Crippen molar-refractivity contribution < 1.29 is 4.79 Å². The third-order valence-electron chi connectivity index (χ3n) is 4.48. The van der Waals surface area contributed by atoms with E-state index < -0.39 is 0 Å². The van der Waals surface area contributed by atoms with Gasteiger partial charge in [-0.15, -0.1) is 0 Å². The van der Waals surface area contributed by atoms with Gasteiger partial charge in [0, 0.05) is 25.2 Å². The minimum absolute atomic E-state index is 0.279. The standard InChI is InChI=1S/C14H20BrN3O/c1-10-2-4-11(5-3-10)14(19)17-8-13(9-17)18-7-12(15)6-16-18/h6-7,10-11,13H,2-5,8-9H2,1H3. The highest BCUT2D eigenvalue weighted by atomic mass is 79.9. The van der Waals surface area contributed by atoms with Crippen molar-refractivity contribution in [2.75, 3.05) is 13.1 Å². The lowest BCUT2D eigenvalue weighted by atomic mass is 9.82. The number of halogens is 1. The second-order valence-corrected chi connectivity index (χ2v) is 6.91. The number of likely N-dealkylation sites (tertiary alicyclic amines) is 1. The number of rotatable bonds is 2. The fraction of sp³-hybridized carbons (Fsp3) is 0.714. The predicted octanol–water partition coefficient (Wildman–Crippen LogP) is 2.86. The van der Waals surface area contributed by atoms with Crippen LogP contribution < -0.4 is 0 Å². The van der Waals surface area contributed by atoms with Gasteiger partial charge in [0.25, 0.3) is 0 Å². The van der Waals surface area contributed by atoms with Gasteiger partial charge in [-0.3, -0.25) is 9.48 Å². The molecule has 2 heterocycles. The lowest BCUT2D eigenvalue weighted by molar-refractivity contribution is -0.143. The molecule has 2 fully saturated rings. The van der Waals surface area contributed by atoms with Crippen molar-refractivity contribution in [2.24, 2.45) is 11.8 Å². The maximum absolute atomic E-state index is 12.4. The molecule has 1 aliphatic carbocycles. The molecule has 0 aromatic carbocycles. The fourth-order valence-electron chi connectivity index (χ4n) is 3.08. The number of amides is 1. The van der Waals surface area contributed by atoms with Gasteiger partial charge in [-0.1, -0.05) is 6.92 Å². The Labute approximate surface area is 122 Å². The lowest BCUT2D eigenvalue weighted by Gasteiger charge is -2.42. The van der Waals surface area contributed by atoms with Crippen molar-refractivity contribution in [3.63, 3.8) is 0 Å². The summed E-state index contributed by atoms with van der Waals surface area (Å²) in [6.45, 7) is 3.92. The SMILES string of the molecule is CC1CCC(C(=O)N2CC(n3cc(Br)cn3)C2)CC1. The van der Waals surface area contributed by atoms with Crippen LogP contribution in [0.4, 0.5) is 0 Å². The zero-order valence-electron chi connectivity index (χ0n) is 11.3. The van der Waals surface area contributed by atoms with Crippen LogP contribution in [0.1, 0.15) is 38.6 Å². The molecule has 1 aromatic rings. The number of aromatic nitrogens is 2. The first-order valence-corrected chi connectivity index (χ1v) is 7.91. The van der Waals surface area contributed by atoms with E-state index in [0.717, 1.165) is 36.3 Å². The van der Waals surface area contributed by atoms with Gasteiger partial charge in [-0.05, 0) is 47.5 Å². The Bertz CT molecular complexity index is 459. The maximum Gasteiger partial charge on any atom is 0.225 e. The van der Waals surface area contributed by atoms with Crippen molar-refractivity contribution in [3.05, 3.63) is 16.9 Å². The molecule has 0 N–H and O–H groups in total. The van der Waals surface area contributed by atoms with Crippen LogP contribution in [0.25, 0.3) is 0 Å². The average Bonchev–Trinajstić information content (AvgIpc) is 2.74. The molecule has 3 rings (SSSR count). The molecule has 1 aromatic heterocycles. The van der Waals surface area contributed by atoms with Crippen molar-refractivity contribution in [2.45, 2.75) is 38.6 Å². The number of hydrogen-bond acceptors (Lipinski definition) is 2. The Morgan fingerprint density at radius 2 is 2.00 bits per heavy atom. The molecule has 1 amide bonds. The molecule has 1 saturated carbocycles. The van der Waals surface area contributed by atoms with E-state index in [-0.39, 0.29) is 5.92 Å². The fourth-order valence-corrected chi connectivity index (χ4v) is 3.38. The smallest absolute Gasteiger partial charge is 0.225 e. The van der Waals surface area contributed by atoms with Crippen LogP contribution in [0.15, 0.2) is 16.9 Å². The van der Waals surface area contributed by atoms with Gasteiger partial charge in [-0.25, -0.2) is 0 Å². The second kappa shape index (κ2) is 5.27. The minimum Gasteiger partial charge on any atom is -0.338 e. The summed E-state index contributed by atoms with van der Waals surface area (Å²) < 4.78 is 2.95. The number of carbonyl (C=O) groups is 1. The highest BCUT2D eigenvalue weighted by molar-refractivity contribution is 9.10. The van der Waals surface area contributed by atoms with E-state index >= 15 is 0 Å². The summed E-state index contributed by atoms with van der Waals surface area (Å²) in [6, 6.07) is 0.359. The van der Waals surface area contributed by atoms with Gasteiger partial charge < -0.3 is 4.90 Å². The zero-order valence-corrected chi connectivity index (χ0v) is 12.8. The zero-order chi connectivity index (χ0) is 13.4. The van der Waals surface area contributed by atoms with E-state index in [2.05, 4.69) is 28.0 Å². The van der Waals surface area contributed by atoms with Gasteiger partial charge in [0.15, 0.2) is 0 Å². The summed E-state index contributed by atoms with van der Waals surface area (Å²) >= 11 is 3.40. The van der Waals surface area contributed by atoms with E-state index in [1.165, 1.54) is 12.8 Å². The van der Waals surface area contributed by atoms with Crippen molar-refractivity contribution >= 4 is 21.8 Å². The van der Waals surface area contributed by atoms with Gasteiger partial charge in [0.1, 0.15) is 0 Å². The Morgan fingerprint density at radius 3 is 2.58 bits per heavy atom. The monoisotopic (exact) mass is 325 g/mol. The van der Waals surface area contributed by atoms with Crippen molar-refractivity contribution in [3.8, 4) is 0 Å². The third kappa shape index (κ3) is 2.71. The molecule has 4 nitrogen and oxygen atoms in total. The number of hydrogen-bond donors (Lipinski definition) is 0. The largest absolute Gasteiger partial charge is 0.338 e. The lowest BCUT2D eigenvalue weighted by Crippen LogP contribution is -2.53. The molecule has 1 aliphatic heterocycles. The van der Waals surface area contributed by atoms with Crippen LogP contribution in [0.3, 0.4) is 0 Å². The first kappa shape index (κ1) is 13.2. The summed E-state index contributed by atoms with van der Waals surface area (Å²) in [5.41, 5.74) is 0. The molecule has 0 spiro atoms. The molecule has 104 valence electrons. The Morgan fingerprint density at radius 1 is 1.32 bits per heavy atom. The van der Waals surface area contributed by atoms with Gasteiger partial charge in [0.2, 0.25) is 5.91 Å². The van der Waals surface area contributed by atoms with Gasteiger partial charge >= 0.3 is 0 Å². The molecule has 0 radical (unpaired) electrons. The second-order valence-electron chi connectivity index (χ2n) is 5.99. The molecular weight excluding hydrogens is 306 g/mol. The normalized spacial score (nSPS) is 28.2. The summed E-state index contributed by atoms with van der Waals surface area (Å²) in [4.78, 5) is 14.4. The summed E-state index contributed by atoms with van der Waals surface area (Å²) in [6.07, 6.45) is 8.35. The van der Waals surface area contributed by atoms with Crippen LogP contribution in [-0.2, 0) is 4.79 Å². The molecule has 0 bridgehead atoms. The number of carbonyl (C=O) groups excluding carboxylic acids is 1. The van der Waals surface area contributed by atoms with Gasteiger partial charge in [-0.2, -0.15) is 5.10 Å².